The van der Waals surface area contributed by atoms with Crippen molar-refractivity contribution in [2.24, 2.45) is 11.8 Å². The zero-order valence-corrected chi connectivity index (χ0v) is 12.1. The number of hydrogen-bond donors (Lipinski definition) is 1. The topological polar surface area (TPSA) is 21.3 Å². The molecule has 1 heterocycles. The third-order valence-corrected chi connectivity index (χ3v) is 4.86. The Morgan fingerprint density at radius 3 is 2.28 bits per heavy atom. The van der Waals surface area contributed by atoms with Gasteiger partial charge in [0, 0.05) is 19.3 Å². The summed E-state index contributed by atoms with van der Waals surface area (Å²) < 4.78 is 5.49. The number of hydrogen-bond acceptors (Lipinski definition) is 2. The van der Waals surface area contributed by atoms with E-state index in [2.05, 4.69) is 12.2 Å². The van der Waals surface area contributed by atoms with Gasteiger partial charge in [0.1, 0.15) is 0 Å². The molecule has 2 fully saturated rings. The lowest BCUT2D eigenvalue weighted by Gasteiger charge is -2.32. The summed E-state index contributed by atoms with van der Waals surface area (Å²) in [5.41, 5.74) is 0. The molecule has 2 rings (SSSR count). The summed E-state index contributed by atoms with van der Waals surface area (Å²) >= 11 is 0. The molecule has 1 saturated heterocycles. The van der Waals surface area contributed by atoms with Crippen LogP contribution in [0.25, 0.3) is 0 Å². The molecule has 0 aromatic heterocycles. The predicted molar refractivity (Wildman–Crippen MR) is 76.8 cm³/mol. The normalized spacial score (nSPS) is 25.8. The monoisotopic (exact) mass is 253 g/mol. The van der Waals surface area contributed by atoms with Crippen LogP contribution >= 0.6 is 0 Å². The van der Waals surface area contributed by atoms with Crippen LogP contribution < -0.4 is 5.32 Å². The SMILES string of the molecule is CCNC(CC1CCOCC1)C1CCCCCC1. The van der Waals surface area contributed by atoms with Gasteiger partial charge >= 0.3 is 0 Å². The number of ether oxygens (including phenoxy) is 1. The number of rotatable bonds is 5. The second kappa shape index (κ2) is 8.16. The molecule has 1 atom stereocenters. The third-order valence-electron chi connectivity index (χ3n) is 4.86. The first-order valence-corrected chi connectivity index (χ1v) is 8.21. The van der Waals surface area contributed by atoms with Crippen molar-refractivity contribution < 1.29 is 4.74 Å². The van der Waals surface area contributed by atoms with Gasteiger partial charge in [-0.05, 0) is 50.5 Å². The van der Waals surface area contributed by atoms with Gasteiger partial charge in [-0.15, -0.1) is 0 Å². The minimum atomic E-state index is 0.774. The smallest absolute Gasteiger partial charge is 0.0468 e. The predicted octanol–water partition coefficient (Wildman–Crippen LogP) is 3.75. The summed E-state index contributed by atoms with van der Waals surface area (Å²) in [6.07, 6.45) is 12.7. The zero-order chi connectivity index (χ0) is 12.6. The van der Waals surface area contributed by atoms with Gasteiger partial charge in [0.2, 0.25) is 0 Å². The van der Waals surface area contributed by atoms with E-state index in [4.69, 9.17) is 4.74 Å². The fraction of sp³-hybridized carbons (Fsp3) is 1.00. The maximum atomic E-state index is 5.49. The van der Waals surface area contributed by atoms with Crippen LogP contribution in [0.3, 0.4) is 0 Å². The molecule has 106 valence electrons. The van der Waals surface area contributed by atoms with Crippen molar-refractivity contribution in [3.8, 4) is 0 Å². The quantitative estimate of drug-likeness (QED) is 0.753. The van der Waals surface area contributed by atoms with E-state index in [9.17, 15) is 0 Å². The van der Waals surface area contributed by atoms with Gasteiger partial charge < -0.3 is 10.1 Å². The number of nitrogens with one attached hydrogen (secondary N) is 1. The lowest BCUT2D eigenvalue weighted by Crippen LogP contribution is -2.38. The van der Waals surface area contributed by atoms with Crippen LogP contribution in [-0.4, -0.2) is 25.8 Å². The van der Waals surface area contributed by atoms with Crippen LogP contribution in [0.1, 0.15) is 64.7 Å². The van der Waals surface area contributed by atoms with Crippen LogP contribution in [-0.2, 0) is 4.74 Å². The second-order valence-corrected chi connectivity index (χ2v) is 6.21. The summed E-state index contributed by atoms with van der Waals surface area (Å²) in [5.74, 6) is 1.85. The van der Waals surface area contributed by atoms with Crippen molar-refractivity contribution in [2.45, 2.75) is 70.8 Å². The lowest BCUT2D eigenvalue weighted by atomic mass is 9.83. The van der Waals surface area contributed by atoms with E-state index >= 15 is 0 Å². The maximum Gasteiger partial charge on any atom is 0.0468 e. The van der Waals surface area contributed by atoms with E-state index in [1.807, 2.05) is 0 Å². The Balaban J connectivity index is 1.84. The third kappa shape index (κ3) is 4.55. The lowest BCUT2D eigenvalue weighted by molar-refractivity contribution is 0.0573. The van der Waals surface area contributed by atoms with Crippen LogP contribution in [0.15, 0.2) is 0 Å². The summed E-state index contributed by atoms with van der Waals surface area (Å²) in [5, 5.41) is 3.79. The van der Waals surface area contributed by atoms with Gasteiger partial charge in [0.25, 0.3) is 0 Å². The van der Waals surface area contributed by atoms with Crippen LogP contribution in [0, 0.1) is 11.8 Å². The van der Waals surface area contributed by atoms with Gasteiger partial charge in [-0.3, -0.25) is 0 Å². The van der Waals surface area contributed by atoms with Crippen molar-refractivity contribution in [3.05, 3.63) is 0 Å². The molecule has 1 unspecified atom stereocenters. The van der Waals surface area contributed by atoms with Gasteiger partial charge in [-0.1, -0.05) is 32.6 Å². The molecule has 0 amide bonds. The maximum absolute atomic E-state index is 5.49. The van der Waals surface area contributed by atoms with E-state index in [1.165, 1.54) is 57.8 Å². The highest BCUT2D eigenvalue weighted by Crippen LogP contribution is 2.30. The van der Waals surface area contributed by atoms with Crippen LogP contribution in [0.5, 0.6) is 0 Å². The fourth-order valence-corrected chi connectivity index (χ4v) is 3.76. The fourth-order valence-electron chi connectivity index (χ4n) is 3.76. The first-order valence-electron chi connectivity index (χ1n) is 8.21. The Bertz CT molecular complexity index is 205. The van der Waals surface area contributed by atoms with E-state index in [-0.39, 0.29) is 0 Å². The van der Waals surface area contributed by atoms with Crippen molar-refractivity contribution in [2.75, 3.05) is 19.8 Å². The summed E-state index contributed by atoms with van der Waals surface area (Å²) in [4.78, 5) is 0. The minimum absolute atomic E-state index is 0.774. The summed E-state index contributed by atoms with van der Waals surface area (Å²) in [7, 11) is 0. The van der Waals surface area contributed by atoms with Crippen LogP contribution in [0.2, 0.25) is 0 Å². The van der Waals surface area contributed by atoms with E-state index in [1.54, 1.807) is 0 Å². The second-order valence-electron chi connectivity index (χ2n) is 6.21. The van der Waals surface area contributed by atoms with Gasteiger partial charge in [-0.25, -0.2) is 0 Å². The largest absolute Gasteiger partial charge is 0.381 e. The highest BCUT2D eigenvalue weighted by atomic mass is 16.5. The first kappa shape index (κ1) is 14.3. The molecular weight excluding hydrogens is 222 g/mol. The molecule has 0 spiro atoms. The molecule has 0 aromatic rings. The van der Waals surface area contributed by atoms with Crippen molar-refractivity contribution in [1.29, 1.82) is 0 Å². The molecule has 0 aromatic carbocycles. The average molecular weight is 253 g/mol. The molecule has 2 aliphatic rings. The summed E-state index contributed by atoms with van der Waals surface area (Å²) in [6, 6.07) is 0.774. The molecule has 1 aliphatic heterocycles. The van der Waals surface area contributed by atoms with E-state index in [0.717, 1.165) is 37.6 Å². The highest BCUT2D eigenvalue weighted by Gasteiger charge is 2.25. The van der Waals surface area contributed by atoms with Gasteiger partial charge in [-0.2, -0.15) is 0 Å². The average Bonchev–Trinajstić information content (AvgIpc) is 2.68. The van der Waals surface area contributed by atoms with E-state index in [0.29, 0.717) is 0 Å². The van der Waals surface area contributed by atoms with Crippen molar-refractivity contribution in [1.82, 2.24) is 5.32 Å². The summed E-state index contributed by atoms with van der Waals surface area (Å²) in [6.45, 7) is 5.38. The Morgan fingerprint density at radius 1 is 1.00 bits per heavy atom. The molecule has 2 nitrogen and oxygen atoms in total. The standard InChI is InChI=1S/C16H31NO/c1-2-17-16(13-14-9-11-18-12-10-14)15-7-5-3-4-6-8-15/h14-17H,2-13H2,1H3. The molecule has 1 N–H and O–H groups in total. The Morgan fingerprint density at radius 2 is 1.67 bits per heavy atom. The van der Waals surface area contributed by atoms with Crippen molar-refractivity contribution >= 4 is 0 Å². The minimum Gasteiger partial charge on any atom is -0.381 e. The molecule has 2 heteroatoms. The van der Waals surface area contributed by atoms with Crippen molar-refractivity contribution in [3.63, 3.8) is 0 Å². The molecule has 1 aliphatic carbocycles. The van der Waals surface area contributed by atoms with Crippen LogP contribution in [0.4, 0.5) is 0 Å². The molecule has 18 heavy (non-hydrogen) atoms. The molecule has 0 radical (unpaired) electrons. The Kier molecular flexibility index (Phi) is 6.50. The first-order chi connectivity index (χ1) is 8.90. The molecule has 0 bridgehead atoms. The van der Waals surface area contributed by atoms with Gasteiger partial charge in [0.05, 0.1) is 0 Å². The Hall–Kier alpha value is -0.0800. The molecule has 1 saturated carbocycles. The zero-order valence-electron chi connectivity index (χ0n) is 12.1. The highest BCUT2D eigenvalue weighted by molar-refractivity contribution is 4.81. The van der Waals surface area contributed by atoms with E-state index < -0.39 is 0 Å². The van der Waals surface area contributed by atoms with Gasteiger partial charge in [0.15, 0.2) is 0 Å². The Labute approximate surface area is 113 Å². The molecular formula is C16H31NO.